The maximum absolute atomic E-state index is 13.7. The van der Waals surface area contributed by atoms with E-state index in [9.17, 15) is 13.6 Å². The molecular weight excluding hydrogens is 290 g/mol. The Bertz CT molecular complexity index is 660. The standard InChI is InChI=1S/C15H16F2N4O/c16-11-4-1-5-12(17)14(11)21-8-6-13(20-21)15(22)19-10-3-2-7-18-9-10/h1,4-6,8,10,18H,2-3,7,9H2,(H,19,22)/t10-/m0/s1. The number of aromatic nitrogens is 2. The third kappa shape index (κ3) is 2.99. The van der Waals surface area contributed by atoms with E-state index in [0.29, 0.717) is 6.54 Å². The van der Waals surface area contributed by atoms with Gasteiger partial charge in [-0.25, -0.2) is 13.5 Å². The van der Waals surface area contributed by atoms with Crippen LogP contribution in [-0.4, -0.2) is 34.8 Å². The SMILES string of the molecule is O=C(N[C@H]1CCCNC1)c1ccn(-c2c(F)cccc2F)n1. The van der Waals surface area contributed by atoms with Gasteiger partial charge in [0, 0.05) is 18.8 Å². The molecule has 3 rings (SSSR count). The predicted octanol–water partition coefficient (Wildman–Crippen LogP) is 1.63. The molecule has 1 fully saturated rings. The molecule has 0 unspecified atom stereocenters. The Labute approximate surface area is 126 Å². The highest BCUT2D eigenvalue weighted by Gasteiger charge is 2.19. The van der Waals surface area contributed by atoms with Gasteiger partial charge in [0.05, 0.1) is 0 Å². The summed E-state index contributed by atoms with van der Waals surface area (Å²) in [7, 11) is 0. The van der Waals surface area contributed by atoms with Gasteiger partial charge in [-0.2, -0.15) is 5.10 Å². The molecular formula is C15H16F2N4O. The van der Waals surface area contributed by atoms with Crippen molar-refractivity contribution in [1.82, 2.24) is 20.4 Å². The largest absolute Gasteiger partial charge is 0.347 e. The lowest BCUT2D eigenvalue weighted by atomic mass is 10.1. The van der Waals surface area contributed by atoms with Crippen molar-refractivity contribution in [1.29, 1.82) is 0 Å². The second-order valence-electron chi connectivity index (χ2n) is 5.23. The molecule has 0 radical (unpaired) electrons. The predicted molar refractivity (Wildman–Crippen MR) is 76.8 cm³/mol. The van der Waals surface area contributed by atoms with E-state index >= 15 is 0 Å². The molecule has 116 valence electrons. The molecule has 0 bridgehead atoms. The number of nitrogens with one attached hydrogen (secondary N) is 2. The van der Waals surface area contributed by atoms with Gasteiger partial charge in [0.1, 0.15) is 5.69 Å². The number of benzene rings is 1. The van der Waals surface area contributed by atoms with Crippen LogP contribution in [-0.2, 0) is 0 Å². The number of rotatable bonds is 3. The second-order valence-corrected chi connectivity index (χ2v) is 5.23. The molecule has 7 heteroatoms. The zero-order valence-electron chi connectivity index (χ0n) is 11.9. The molecule has 1 aliphatic heterocycles. The Morgan fingerprint density at radius 1 is 1.32 bits per heavy atom. The summed E-state index contributed by atoms with van der Waals surface area (Å²) < 4.78 is 28.5. The number of hydrogen-bond acceptors (Lipinski definition) is 3. The first kappa shape index (κ1) is 14.6. The second kappa shape index (κ2) is 6.23. The zero-order chi connectivity index (χ0) is 15.5. The maximum Gasteiger partial charge on any atom is 0.272 e. The first-order chi connectivity index (χ1) is 10.6. The van der Waals surface area contributed by atoms with E-state index in [1.807, 2.05) is 0 Å². The molecule has 1 saturated heterocycles. The lowest BCUT2D eigenvalue weighted by molar-refractivity contribution is 0.0925. The van der Waals surface area contributed by atoms with Crippen LogP contribution in [0, 0.1) is 11.6 Å². The number of nitrogens with zero attached hydrogens (tertiary/aromatic N) is 2. The van der Waals surface area contributed by atoms with E-state index in [1.165, 1.54) is 18.3 Å². The fraction of sp³-hybridized carbons (Fsp3) is 0.333. The summed E-state index contributed by atoms with van der Waals surface area (Å²) in [5.41, 5.74) is -0.158. The van der Waals surface area contributed by atoms with E-state index in [0.717, 1.165) is 36.2 Å². The summed E-state index contributed by atoms with van der Waals surface area (Å²) in [6.07, 6.45) is 3.27. The van der Waals surface area contributed by atoms with Gasteiger partial charge in [-0.1, -0.05) is 6.07 Å². The van der Waals surface area contributed by atoms with E-state index in [2.05, 4.69) is 15.7 Å². The summed E-state index contributed by atoms with van der Waals surface area (Å²) in [6.45, 7) is 1.67. The molecule has 1 amide bonds. The van der Waals surface area contributed by atoms with Crippen LogP contribution in [0.5, 0.6) is 0 Å². The van der Waals surface area contributed by atoms with Gasteiger partial charge < -0.3 is 10.6 Å². The van der Waals surface area contributed by atoms with Crippen LogP contribution in [0.25, 0.3) is 5.69 Å². The van der Waals surface area contributed by atoms with Crippen molar-refractivity contribution in [2.45, 2.75) is 18.9 Å². The quantitative estimate of drug-likeness (QED) is 0.906. The van der Waals surface area contributed by atoms with Crippen molar-refractivity contribution >= 4 is 5.91 Å². The van der Waals surface area contributed by atoms with Crippen molar-refractivity contribution in [3.63, 3.8) is 0 Å². The Kier molecular flexibility index (Phi) is 4.15. The number of carbonyl (C=O) groups is 1. The maximum atomic E-state index is 13.7. The molecule has 1 aliphatic rings. The summed E-state index contributed by atoms with van der Waals surface area (Å²) in [5.74, 6) is -1.80. The molecule has 1 aromatic heterocycles. The molecule has 1 aromatic carbocycles. The van der Waals surface area contributed by atoms with Crippen LogP contribution in [0.2, 0.25) is 0 Å². The molecule has 0 spiro atoms. The fourth-order valence-electron chi connectivity index (χ4n) is 2.51. The third-order valence-corrected chi connectivity index (χ3v) is 3.62. The van der Waals surface area contributed by atoms with Gasteiger partial charge in [0.2, 0.25) is 0 Å². The molecule has 22 heavy (non-hydrogen) atoms. The number of carbonyl (C=O) groups excluding carboxylic acids is 1. The lowest BCUT2D eigenvalue weighted by Crippen LogP contribution is -2.45. The number of hydrogen-bond donors (Lipinski definition) is 2. The van der Waals surface area contributed by atoms with E-state index < -0.39 is 11.6 Å². The van der Waals surface area contributed by atoms with Crippen LogP contribution in [0.1, 0.15) is 23.3 Å². The highest BCUT2D eigenvalue weighted by Crippen LogP contribution is 2.17. The first-order valence-electron chi connectivity index (χ1n) is 7.17. The topological polar surface area (TPSA) is 59.0 Å². The van der Waals surface area contributed by atoms with Gasteiger partial charge in [0.25, 0.3) is 5.91 Å². The van der Waals surface area contributed by atoms with Crippen molar-refractivity contribution in [2.75, 3.05) is 13.1 Å². The van der Waals surface area contributed by atoms with Gasteiger partial charge >= 0.3 is 0 Å². The van der Waals surface area contributed by atoms with Crippen LogP contribution >= 0.6 is 0 Å². The lowest BCUT2D eigenvalue weighted by Gasteiger charge is -2.23. The summed E-state index contributed by atoms with van der Waals surface area (Å²) >= 11 is 0. The average Bonchev–Trinajstić information content (AvgIpc) is 2.98. The Balaban J connectivity index is 1.77. The van der Waals surface area contributed by atoms with Crippen molar-refractivity contribution in [2.24, 2.45) is 0 Å². The molecule has 2 heterocycles. The van der Waals surface area contributed by atoms with E-state index in [-0.39, 0.29) is 23.3 Å². The smallest absolute Gasteiger partial charge is 0.272 e. The van der Waals surface area contributed by atoms with Gasteiger partial charge in [-0.3, -0.25) is 4.79 Å². The van der Waals surface area contributed by atoms with Gasteiger partial charge in [-0.05, 0) is 37.6 Å². The van der Waals surface area contributed by atoms with E-state index in [1.54, 1.807) is 0 Å². The molecule has 2 N–H and O–H groups in total. The number of amides is 1. The summed E-state index contributed by atoms with van der Waals surface area (Å²) in [4.78, 5) is 12.1. The third-order valence-electron chi connectivity index (χ3n) is 3.62. The van der Waals surface area contributed by atoms with Crippen LogP contribution in [0.3, 0.4) is 0 Å². The number of para-hydroxylation sites is 1. The normalized spacial score (nSPS) is 18.2. The van der Waals surface area contributed by atoms with Crippen LogP contribution < -0.4 is 10.6 Å². The minimum absolute atomic E-state index is 0.0524. The minimum atomic E-state index is -0.730. The highest BCUT2D eigenvalue weighted by atomic mass is 19.1. The molecule has 1 atom stereocenters. The summed E-state index contributed by atoms with van der Waals surface area (Å²) in [5, 5.41) is 10.0. The minimum Gasteiger partial charge on any atom is -0.347 e. The van der Waals surface area contributed by atoms with Gasteiger partial charge in [-0.15, -0.1) is 0 Å². The van der Waals surface area contributed by atoms with Crippen molar-refractivity contribution < 1.29 is 13.6 Å². The fourth-order valence-corrected chi connectivity index (χ4v) is 2.51. The molecule has 0 aliphatic carbocycles. The Hall–Kier alpha value is -2.28. The van der Waals surface area contributed by atoms with Gasteiger partial charge in [0.15, 0.2) is 17.3 Å². The zero-order valence-corrected chi connectivity index (χ0v) is 11.9. The molecule has 0 saturated carbocycles. The number of piperidine rings is 1. The molecule has 5 nitrogen and oxygen atoms in total. The first-order valence-corrected chi connectivity index (χ1v) is 7.17. The van der Waals surface area contributed by atoms with E-state index in [4.69, 9.17) is 0 Å². The highest BCUT2D eigenvalue weighted by molar-refractivity contribution is 5.92. The molecule has 2 aromatic rings. The Morgan fingerprint density at radius 3 is 2.77 bits per heavy atom. The monoisotopic (exact) mass is 306 g/mol. The van der Waals surface area contributed by atoms with Crippen LogP contribution in [0.4, 0.5) is 8.78 Å². The Morgan fingerprint density at radius 2 is 2.09 bits per heavy atom. The van der Waals surface area contributed by atoms with Crippen LogP contribution in [0.15, 0.2) is 30.5 Å². The average molecular weight is 306 g/mol. The van der Waals surface area contributed by atoms with Crippen molar-refractivity contribution in [3.05, 3.63) is 47.8 Å². The summed E-state index contributed by atoms with van der Waals surface area (Å²) in [6, 6.07) is 5.07. The van der Waals surface area contributed by atoms with Crippen molar-refractivity contribution in [3.8, 4) is 5.69 Å². The number of halogens is 2.